The Morgan fingerprint density at radius 2 is 1.97 bits per heavy atom. The molecule has 0 fully saturated rings. The molecule has 4 rings (SSSR count). The van der Waals surface area contributed by atoms with Crippen LogP contribution in [-0.4, -0.2) is 26.9 Å². The molecule has 8 heteroatoms. The Hall–Kier alpha value is -3.78. The van der Waals surface area contributed by atoms with Gasteiger partial charge in [-0.1, -0.05) is 18.2 Å². The lowest BCUT2D eigenvalue weighted by molar-refractivity contribution is 0.102. The molecule has 4 aromatic rings. The van der Waals surface area contributed by atoms with E-state index in [2.05, 4.69) is 15.4 Å². The van der Waals surface area contributed by atoms with E-state index in [1.54, 1.807) is 28.8 Å². The SMILES string of the molecule is CSc1cc(C(=O)Nc2cccc([C@H](C)Oc3cc(-c4cnn(C)c4)cnc3N)c2)ccc1C. The maximum absolute atomic E-state index is 12.8. The van der Waals surface area contributed by atoms with Crippen molar-refractivity contribution in [1.82, 2.24) is 14.8 Å². The Labute approximate surface area is 203 Å². The second kappa shape index (κ2) is 10.0. The number of aromatic nitrogens is 3. The molecule has 0 unspecified atom stereocenters. The van der Waals surface area contributed by atoms with E-state index in [4.69, 9.17) is 10.5 Å². The molecule has 1 amide bonds. The van der Waals surface area contributed by atoms with Crippen LogP contribution in [0.25, 0.3) is 11.1 Å². The Bertz CT molecular complexity index is 1330. The molecule has 2 aromatic carbocycles. The quantitative estimate of drug-likeness (QED) is 0.345. The summed E-state index contributed by atoms with van der Waals surface area (Å²) in [5.74, 6) is 0.652. The average molecular weight is 474 g/mol. The first kappa shape index (κ1) is 23.4. The maximum atomic E-state index is 12.8. The third-order valence-corrected chi connectivity index (χ3v) is 6.39. The van der Waals surface area contributed by atoms with Gasteiger partial charge in [0.25, 0.3) is 5.91 Å². The molecule has 0 aliphatic heterocycles. The van der Waals surface area contributed by atoms with Crippen molar-refractivity contribution >= 4 is 29.2 Å². The van der Waals surface area contributed by atoms with Gasteiger partial charge < -0.3 is 15.8 Å². The van der Waals surface area contributed by atoms with E-state index in [0.717, 1.165) is 27.1 Å². The minimum Gasteiger partial charge on any atom is -0.482 e. The topological polar surface area (TPSA) is 95.1 Å². The van der Waals surface area contributed by atoms with Gasteiger partial charge in [0.05, 0.1) is 6.20 Å². The van der Waals surface area contributed by atoms with Gasteiger partial charge in [-0.05, 0) is 61.6 Å². The normalized spacial score (nSPS) is 11.8. The molecule has 174 valence electrons. The smallest absolute Gasteiger partial charge is 0.255 e. The Balaban J connectivity index is 1.50. The molecular formula is C26H27N5O2S. The number of nitrogens with one attached hydrogen (secondary N) is 1. The molecule has 3 N–H and O–H groups in total. The summed E-state index contributed by atoms with van der Waals surface area (Å²) < 4.78 is 7.89. The molecule has 1 atom stereocenters. The number of aryl methyl sites for hydroxylation is 2. The van der Waals surface area contributed by atoms with Crippen LogP contribution in [0.15, 0.2) is 72.0 Å². The number of anilines is 2. The number of carbonyl (C=O) groups excluding carboxylic acids is 1. The number of hydrogen-bond acceptors (Lipinski definition) is 6. The number of nitrogens with zero attached hydrogens (tertiary/aromatic N) is 3. The van der Waals surface area contributed by atoms with Crippen LogP contribution in [0.3, 0.4) is 0 Å². The number of rotatable bonds is 7. The van der Waals surface area contributed by atoms with E-state index >= 15 is 0 Å². The third-order valence-electron chi connectivity index (χ3n) is 5.51. The first-order chi connectivity index (χ1) is 16.3. The molecule has 7 nitrogen and oxygen atoms in total. The Kier molecular flexibility index (Phi) is 6.88. The number of benzene rings is 2. The van der Waals surface area contributed by atoms with E-state index in [1.807, 2.05) is 81.9 Å². The molecule has 0 saturated heterocycles. The van der Waals surface area contributed by atoms with Crippen LogP contribution in [0, 0.1) is 6.92 Å². The molecule has 0 aliphatic carbocycles. The van der Waals surface area contributed by atoms with Crippen LogP contribution in [0.1, 0.15) is 34.5 Å². The Morgan fingerprint density at radius 3 is 2.71 bits per heavy atom. The van der Waals surface area contributed by atoms with Crippen molar-refractivity contribution in [3.05, 3.63) is 83.8 Å². The third kappa shape index (κ3) is 5.23. The van der Waals surface area contributed by atoms with Gasteiger partial charge in [-0.3, -0.25) is 9.48 Å². The van der Waals surface area contributed by atoms with Crippen molar-refractivity contribution < 1.29 is 9.53 Å². The van der Waals surface area contributed by atoms with E-state index in [-0.39, 0.29) is 12.0 Å². The summed E-state index contributed by atoms with van der Waals surface area (Å²) in [6.07, 6.45) is 7.07. The second-order valence-corrected chi connectivity index (χ2v) is 8.88. The average Bonchev–Trinajstić information content (AvgIpc) is 3.27. The first-order valence-electron chi connectivity index (χ1n) is 10.8. The highest BCUT2D eigenvalue weighted by Gasteiger charge is 2.14. The van der Waals surface area contributed by atoms with E-state index < -0.39 is 0 Å². The van der Waals surface area contributed by atoms with Crippen LogP contribution in [0.4, 0.5) is 11.5 Å². The molecular weight excluding hydrogens is 446 g/mol. The molecule has 34 heavy (non-hydrogen) atoms. The molecule has 0 radical (unpaired) electrons. The summed E-state index contributed by atoms with van der Waals surface area (Å²) in [5, 5.41) is 7.19. The number of ether oxygens (including phenoxy) is 1. The van der Waals surface area contributed by atoms with Crippen LogP contribution in [-0.2, 0) is 7.05 Å². The highest BCUT2D eigenvalue weighted by molar-refractivity contribution is 7.98. The fraction of sp³-hybridized carbons (Fsp3) is 0.192. The van der Waals surface area contributed by atoms with Crippen LogP contribution in [0.2, 0.25) is 0 Å². The molecule has 0 saturated carbocycles. The molecule has 2 heterocycles. The van der Waals surface area contributed by atoms with E-state index in [9.17, 15) is 4.79 Å². The highest BCUT2D eigenvalue weighted by Crippen LogP contribution is 2.31. The van der Waals surface area contributed by atoms with Crippen molar-refractivity contribution in [2.75, 3.05) is 17.3 Å². The fourth-order valence-electron chi connectivity index (χ4n) is 3.57. The molecule has 0 bridgehead atoms. The van der Waals surface area contributed by atoms with Gasteiger partial charge in [-0.25, -0.2) is 4.98 Å². The van der Waals surface area contributed by atoms with Gasteiger partial charge in [0.15, 0.2) is 11.6 Å². The first-order valence-corrected chi connectivity index (χ1v) is 12.0. The second-order valence-electron chi connectivity index (χ2n) is 8.03. The summed E-state index contributed by atoms with van der Waals surface area (Å²) in [5.41, 5.74) is 11.2. The van der Waals surface area contributed by atoms with Crippen molar-refractivity contribution in [2.24, 2.45) is 7.05 Å². The van der Waals surface area contributed by atoms with Gasteiger partial charge in [-0.15, -0.1) is 11.8 Å². The van der Waals surface area contributed by atoms with Crippen LogP contribution < -0.4 is 15.8 Å². The number of hydrogen-bond donors (Lipinski definition) is 2. The molecule has 0 spiro atoms. The summed E-state index contributed by atoms with van der Waals surface area (Å²) >= 11 is 1.63. The van der Waals surface area contributed by atoms with Crippen LogP contribution >= 0.6 is 11.8 Å². The highest BCUT2D eigenvalue weighted by atomic mass is 32.2. The van der Waals surface area contributed by atoms with Gasteiger partial charge in [0, 0.05) is 46.7 Å². The number of thioether (sulfide) groups is 1. The van der Waals surface area contributed by atoms with Crippen molar-refractivity contribution in [3.63, 3.8) is 0 Å². The lowest BCUT2D eigenvalue weighted by Gasteiger charge is -2.18. The summed E-state index contributed by atoms with van der Waals surface area (Å²) in [6.45, 7) is 3.97. The fourth-order valence-corrected chi connectivity index (χ4v) is 4.20. The van der Waals surface area contributed by atoms with Gasteiger partial charge in [0.2, 0.25) is 0 Å². The standard InChI is InChI=1S/C26H27N5O2S/c1-16-8-9-19(12-24(16)34-4)26(32)30-22-7-5-6-18(10-22)17(2)33-23-11-20(13-28-25(23)27)21-14-29-31(3)15-21/h5-15,17H,1-4H3,(H2,27,28)(H,30,32)/t17-/m0/s1. The maximum Gasteiger partial charge on any atom is 0.255 e. The number of nitrogens with two attached hydrogens (primary N) is 1. The largest absolute Gasteiger partial charge is 0.482 e. The zero-order valence-electron chi connectivity index (χ0n) is 19.6. The van der Waals surface area contributed by atoms with E-state index in [0.29, 0.717) is 22.8 Å². The minimum atomic E-state index is -0.312. The van der Waals surface area contributed by atoms with Gasteiger partial charge >= 0.3 is 0 Å². The lowest BCUT2D eigenvalue weighted by atomic mass is 10.1. The van der Waals surface area contributed by atoms with E-state index in [1.165, 1.54) is 0 Å². The number of carbonyl (C=O) groups is 1. The summed E-state index contributed by atoms with van der Waals surface area (Å²) in [7, 11) is 1.86. The van der Waals surface area contributed by atoms with Gasteiger partial charge in [0.1, 0.15) is 6.10 Å². The van der Waals surface area contributed by atoms with Gasteiger partial charge in [-0.2, -0.15) is 5.10 Å². The summed E-state index contributed by atoms with van der Waals surface area (Å²) in [6, 6.07) is 15.2. The predicted molar refractivity (Wildman–Crippen MR) is 137 cm³/mol. The predicted octanol–water partition coefficient (Wildman–Crippen LogP) is 5.49. The van der Waals surface area contributed by atoms with Crippen molar-refractivity contribution in [1.29, 1.82) is 0 Å². The number of nitrogen functional groups attached to an aromatic ring is 1. The lowest BCUT2D eigenvalue weighted by Crippen LogP contribution is -2.13. The molecule has 2 aromatic heterocycles. The number of amides is 1. The van der Waals surface area contributed by atoms with Crippen molar-refractivity contribution in [2.45, 2.75) is 24.8 Å². The zero-order valence-corrected chi connectivity index (χ0v) is 20.4. The number of pyridine rings is 1. The zero-order chi connectivity index (χ0) is 24.2. The van der Waals surface area contributed by atoms with Crippen molar-refractivity contribution in [3.8, 4) is 16.9 Å². The monoisotopic (exact) mass is 473 g/mol. The van der Waals surface area contributed by atoms with Crippen LogP contribution in [0.5, 0.6) is 5.75 Å². The molecule has 0 aliphatic rings. The Morgan fingerprint density at radius 1 is 1.15 bits per heavy atom. The minimum absolute atomic E-state index is 0.154. The summed E-state index contributed by atoms with van der Waals surface area (Å²) in [4.78, 5) is 18.2.